The van der Waals surface area contributed by atoms with Gasteiger partial charge in [0.05, 0.1) is 15.5 Å². The summed E-state index contributed by atoms with van der Waals surface area (Å²) >= 11 is 0. The second-order valence-corrected chi connectivity index (χ2v) is 8.70. The van der Waals surface area contributed by atoms with Crippen molar-refractivity contribution in [2.24, 2.45) is 5.14 Å². The molecule has 2 aromatic rings. The maximum absolute atomic E-state index is 13.9. The molecule has 0 radical (unpaired) electrons. The van der Waals surface area contributed by atoms with Gasteiger partial charge >= 0.3 is 0 Å². The molecule has 0 aliphatic rings. The number of primary sulfonamides is 1. The third-order valence-corrected chi connectivity index (χ3v) is 5.97. The smallest absolute Gasteiger partial charge is 0.262 e. The second kappa shape index (κ2) is 6.15. The summed E-state index contributed by atoms with van der Waals surface area (Å²) in [6.07, 6.45) is 0. The van der Waals surface area contributed by atoms with Gasteiger partial charge in [-0.2, -0.15) is 0 Å². The summed E-state index contributed by atoms with van der Waals surface area (Å²) in [6.45, 7) is 5.09. The molecule has 6 nitrogen and oxygen atoms in total. The molecule has 0 bridgehead atoms. The summed E-state index contributed by atoms with van der Waals surface area (Å²) in [5.74, 6) is -0.909. The normalized spacial score (nSPS) is 12.2. The summed E-state index contributed by atoms with van der Waals surface area (Å²) in [6, 6.07) is 6.04. The van der Waals surface area contributed by atoms with Crippen molar-refractivity contribution in [1.29, 1.82) is 0 Å². The third-order valence-electron chi connectivity index (χ3n) is 3.38. The van der Waals surface area contributed by atoms with Gasteiger partial charge in [0.2, 0.25) is 10.0 Å². The Hall–Kier alpha value is -1.97. The van der Waals surface area contributed by atoms with Crippen molar-refractivity contribution in [1.82, 2.24) is 0 Å². The van der Waals surface area contributed by atoms with Gasteiger partial charge < -0.3 is 0 Å². The van der Waals surface area contributed by atoms with Gasteiger partial charge in [0, 0.05) is 0 Å². The molecular weight excluding hydrogens is 355 g/mol. The van der Waals surface area contributed by atoms with E-state index in [-0.39, 0.29) is 9.79 Å². The van der Waals surface area contributed by atoms with Crippen LogP contribution in [0.15, 0.2) is 40.1 Å². The highest BCUT2D eigenvalue weighted by Crippen LogP contribution is 2.26. The van der Waals surface area contributed by atoms with E-state index in [1.165, 1.54) is 0 Å². The van der Waals surface area contributed by atoms with Gasteiger partial charge in [0.25, 0.3) is 10.0 Å². The molecule has 0 saturated carbocycles. The number of rotatable bonds is 4. The molecule has 2 rings (SSSR count). The van der Waals surface area contributed by atoms with Crippen molar-refractivity contribution in [3.8, 4) is 0 Å². The van der Waals surface area contributed by atoms with Crippen LogP contribution in [0.1, 0.15) is 16.7 Å². The Bertz CT molecular complexity index is 993. The molecule has 3 N–H and O–H groups in total. The topological polar surface area (TPSA) is 106 Å². The number of halogens is 1. The summed E-state index contributed by atoms with van der Waals surface area (Å²) in [4.78, 5) is -0.368. The van der Waals surface area contributed by atoms with E-state index in [1.807, 2.05) is 6.92 Å². The molecule has 2 aromatic carbocycles. The molecule has 0 aliphatic heterocycles. The van der Waals surface area contributed by atoms with Gasteiger partial charge in [-0.3, -0.25) is 4.72 Å². The van der Waals surface area contributed by atoms with Gasteiger partial charge in [0.1, 0.15) is 5.82 Å². The monoisotopic (exact) mass is 372 g/mol. The van der Waals surface area contributed by atoms with E-state index in [4.69, 9.17) is 5.14 Å². The molecule has 0 aliphatic carbocycles. The van der Waals surface area contributed by atoms with Crippen molar-refractivity contribution < 1.29 is 21.2 Å². The van der Waals surface area contributed by atoms with Crippen molar-refractivity contribution in [3.05, 3.63) is 52.8 Å². The maximum atomic E-state index is 13.9. The van der Waals surface area contributed by atoms with Crippen LogP contribution in [0.4, 0.5) is 10.1 Å². The SMILES string of the molecule is Cc1cc(C)c(S(=O)(=O)Nc2cc(S(N)(=O)=O)ccc2F)c(C)c1. The highest BCUT2D eigenvalue weighted by Gasteiger charge is 2.22. The fraction of sp³-hybridized carbons (Fsp3) is 0.200. The minimum Gasteiger partial charge on any atom is -0.277 e. The summed E-state index contributed by atoms with van der Waals surface area (Å²) in [5, 5.41) is 4.99. The number of nitrogens with one attached hydrogen (secondary N) is 1. The van der Waals surface area contributed by atoms with E-state index < -0.39 is 31.6 Å². The van der Waals surface area contributed by atoms with Crippen LogP contribution in [-0.2, 0) is 20.0 Å². The Morgan fingerprint density at radius 1 is 0.958 bits per heavy atom. The Kier molecular flexibility index (Phi) is 4.71. The Morgan fingerprint density at radius 3 is 2.00 bits per heavy atom. The molecule has 0 heterocycles. The highest BCUT2D eigenvalue weighted by atomic mass is 32.2. The van der Waals surface area contributed by atoms with Crippen molar-refractivity contribution in [2.75, 3.05) is 4.72 Å². The molecule has 0 spiro atoms. The first kappa shape index (κ1) is 18.4. The Morgan fingerprint density at radius 2 is 1.50 bits per heavy atom. The summed E-state index contributed by atoms with van der Waals surface area (Å²) in [5.41, 5.74) is 1.42. The van der Waals surface area contributed by atoms with E-state index in [2.05, 4.69) is 4.72 Å². The standard InChI is InChI=1S/C15H17FN2O4S2/c1-9-6-10(2)15(11(3)7-9)24(21,22)18-14-8-12(23(17,19)20)4-5-13(14)16/h4-8,18H,1-3H3,(H2,17,19,20). The molecular formula is C15H17FN2O4S2. The molecule has 0 aromatic heterocycles. The minimum atomic E-state index is -4.10. The number of anilines is 1. The summed E-state index contributed by atoms with van der Waals surface area (Å²) in [7, 11) is -8.19. The lowest BCUT2D eigenvalue weighted by atomic mass is 10.1. The maximum Gasteiger partial charge on any atom is 0.262 e. The van der Waals surface area contributed by atoms with Gasteiger partial charge in [-0.05, 0) is 50.1 Å². The Labute approximate surface area is 140 Å². The average Bonchev–Trinajstić information content (AvgIpc) is 2.37. The lowest BCUT2D eigenvalue weighted by molar-refractivity contribution is 0.593. The van der Waals surface area contributed by atoms with E-state index in [0.717, 1.165) is 23.8 Å². The van der Waals surface area contributed by atoms with Crippen LogP contribution in [0, 0.1) is 26.6 Å². The zero-order valence-electron chi connectivity index (χ0n) is 13.3. The van der Waals surface area contributed by atoms with Gasteiger partial charge in [-0.15, -0.1) is 0 Å². The zero-order valence-corrected chi connectivity index (χ0v) is 14.9. The largest absolute Gasteiger partial charge is 0.277 e. The fourth-order valence-corrected chi connectivity index (χ4v) is 4.60. The molecule has 9 heteroatoms. The number of sulfonamides is 2. The van der Waals surface area contributed by atoms with Crippen LogP contribution >= 0.6 is 0 Å². The molecule has 0 saturated heterocycles. The average molecular weight is 372 g/mol. The van der Waals surface area contributed by atoms with Gasteiger partial charge in [-0.1, -0.05) is 17.7 Å². The predicted molar refractivity (Wildman–Crippen MR) is 89.2 cm³/mol. The minimum absolute atomic E-state index is 0.0218. The number of nitrogens with two attached hydrogens (primary N) is 1. The van der Waals surface area contributed by atoms with Gasteiger partial charge in [0.15, 0.2) is 0 Å². The quantitative estimate of drug-likeness (QED) is 0.858. The Balaban J connectivity index is 2.55. The summed E-state index contributed by atoms with van der Waals surface area (Å²) < 4.78 is 63.9. The van der Waals surface area contributed by atoms with Crippen molar-refractivity contribution in [3.63, 3.8) is 0 Å². The van der Waals surface area contributed by atoms with Crippen LogP contribution in [0.25, 0.3) is 0 Å². The van der Waals surface area contributed by atoms with Crippen LogP contribution in [0.3, 0.4) is 0 Å². The fourth-order valence-electron chi connectivity index (χ4n) is 2.55. The van der Waals surface area contributed by atoms with E-state index in [0.29, 0.717) is 11.1 Å². The van der Waals surface area contributed by atoms with Crippen LogP contribution < -0.4 is 9.86 Å². The van der Waals surface area contributed by atoms with Gasteiger partial charge in [-0.25, -0.2) is 26.4 Å². The van der Waals surface area contributed by atoms with Crippen LogP contribution in [-0.4, -0.2) is 16.8 Å². The first-order valence-corrected chi connectivity index (χ1v) is 9.88. The highest BCUT2D eigenvalue weighted by molar-refractivity contribution is 7.92. The van der Waals surface area contributed by atoms with Crippen LogP contribution in [0.5, 0.6) is 0 Å². The van der Waals surface area contributed by atoms with E-state index in [1.54, 1.807) is 26.0 Å². The zero-order chi connectivity index (χ0) is 18.3. The predicted octanol–water partition coefficient (Wildman–Crippen LogP) is 2.20. The number of hydrogen-bond donors (Lipinski definition) is 2. The molecule has 24 heavy (non-hydrogen) atoms. The van der Waals surface area contributed by atoms with E-state index >= 15 is 0 Å². The van der Waals surface area contributed by atoms with E-state index in [9.17, 15) is 21.2 Å². The molecule has 0 fully saturated rings. The molecule has 0 unspecified atom stereocenters. The third kappa shape index (κ3) is 3.74. The molecule has 0 amide bonds. The number of aryl methyl sites for hydroxylation is 3. The van der Waals surface area contributed by atoms with Crippen molar-refractivity contribution in [2.45, 2.75) is 30.6 Å². The van der Waals surface area contributed by atoms with Crippen LogP contribution in [0.2, 0.25) is 0 Å². The number of benzene rings is 2. The first-order valence-electron chi connectivity index (χ1n) is 6.85. The first-order chi connectivity index (χ1) is 10.9. The number of hydrogen-bond acceptors (Lipinski definition) is 4. The lowest BCUT2D eigenvalue weighted by Crippen LogP contribution is -2.18. The van der Waals surface area contributed by atoms with Crippen molar-refractivity contribution >= 4 is 25.7 Å². The lowest BCUT2D eigenvalue weighted by Gasteiger charge is -2.14. The second-order valence-electron chi connectivity index (χ2n) is 5.52. The molecule has 130 valence electrons. The molecule has 0 atom stereocenters.